The number of hydrogen-bond donors (Lipinski definition) is 2. The summed E-state index contributed by atoms with van der Waals surface area (Å²) in [5.74, 6) is -0.230. The lowest BCUT2D eigenvalue weighted by Gasteiger charge is -2.44. The van der Waals surface area contributed by atoms with Crippen molar-refractivity contribution in [1.82, 2.24) is 15.2 Å². The van der Waals surface area contributed by atoms with Crippen molar-refractivity contribution in [3.63, 3.8) is 0 Å². The van der Waals surface area contributed by atoms with Gasteiger partial charge in [0.2, 0.25) is 0 Å². The Morgan fingerprint density at radius 1 is 1.18 bits per heavy atom. The molecule has 0 aliphatic carbocycles. The van der Waals surface area contributed by atoms with E-state index in [9.17, 15) is 9.59 Å². The van der Waals surface area contributed by atoms with Crippen LogP contribution >= 0.6 is 11.6 Å². The zero-order valence-corrected chi connectivity index (χ0v) is 21.7. The van der Waals surface area contributed by atoms with Gasteiger partial charge < -0.3 is 15.2 Å². The Kier molecular flexibility index (Phi) is 7.59. The molecule has 0 radical (unpaired) electrons. The van der Waals surface area contributed by atoms with Crippen LogP contribution in [0.15, 0.2) is 23.0 Å². The van der Waals surface area contributed by atoms with Crippen LogP contribution in [0, 0.1) is 20.8 Å². The Hall–Kier alpha value is -2.31. The van der Waals surface area contributed by atoms with Crippen molar-refractivity contribution < 1.29 is 4.79 Å². The molecular formula is C26H37ClN4O2. The lowest BCUT2D eigenvalue weighted by Crippen LogP contribution is -2.50. The molecule has 33 heavy (non-hydrogen) atoms. The average Bonchev–Trinajstić information content (AvgIpc) is 2.73. The minimum absolute atomic E-state index is 0.169. The van der Waals surface area contributed by atoms with Crippen LogP contribution in [0.4, 0.5) is 5.69 Å². The summed E-state index contributed by atoms with van der Waals surface area (Å²) in [5.41, 5.74) is 4.66. The summed E-state index contributed by atoms with van der Waals surface area (Å²) in [6.45, 7) is 14.7. The van der Waals surface area contributed by atoms with Crippen LogP contribution in [-0.4, -0.2) is 47.5 Å². The summed E-state index contributed by atoms with van der Waals surface area (Å²) in [7, 11) is 2.09. The molecule has 0 spiro atoms. The monoisotopic (exact) mass is 472 g/mol. The highest BCUT2D eigenvalue weighted by molar-refractivity contribution is 6.31. The molecule has 0 bridgehead atoms. The van der Waals surface area contributed by atoms with Crippen molar-refractivity contribution in [2.45, 2.75) is 72.5 Å². The third-order valence-electron chi connectivity index (χ3n) is 6.85. The quantitative estimate of drug-likeness (QED) is 0.668. The predicted molar refractivity (Wildman–Crippen MR) is 137 cm³/mol. The summed E-state index contributed by atoms with van der Waals surface area (Å²) in [6, 6.07) is 5.95. The van der Waals surface area contributed by atoms with Crippen molar-refractivity contribution in [1.29, 1.82) is 0 Å². The van der Waals surface area contributed by atoms with Crippen LogP contribution in [-0.2, 0) is 6.54 Å². The van der Waals surface area contributed by atoms with Gasteiger partial charge in [0.15, 0.2) is 0 Å². The zero-order valence-electron chi connectivity index (χ0n) is 20.9. The number of H-pyrrole nitrogens is 1. The van der Waals surface area contributed by atoms with Gasteiger partial charge in [0.1, 0.15) is 0 Å². The first-order chi connectivity index (χ1) is 15.4. The number of nitrogens with zero attached hydrogens (tertiary/aromatic N) is 2. The first-order valence-electron chi connectivity index (χ1n) is 11.6. The normalized spacial score (nSPS) is 15.5. The molecule has 1 aliphatic heterocycles. The second kappa shape index (κ2) is 9.90. The van der Waals surface area contributed by atoms with E-state index in [0.29, 0.717) is 22.2 Å². The molecule has 7 heteroatoms. The van der Waals surface area contributed by atoms with Gasteiger partial charge >= 0.3 is 0 Å². The smallest absolute Gasteiger partial charge is 0.253 e. The molecule has 0 unspecified atom stereocenters. The maximum absolute atomic E-state index is 13.1. The van der Waals surface area contributed by atoms with E-state index in [1.165, 1.54) is 0 Å². The summed E-state index contributed by atoms with van der Waals surface area (Å²) in [4.78, 5) is 33.0. The number of amides is 1. The predicted octanol–water partition coefficient (Wildman–Crippen LogP) is 4.58. The maximum Gasteiger partial charge on any atom is 0.253 e. The minimum Gasteiger partial charge on any atom is -0.371 e. The van der Waals surface area contributed by atoms with E-state index in [2.05, 4.69) is 47.9 Å². The second-order valence-corrected chi connectivity index (χ2v) is 10.7. The fraction of sp³-hybridized carbons (Fsp3) is 0.538. The van der Waals surface area contributed by atoms with E-state index in [1.807, 2.05) is 32.9 Å². The molecule has 0 saturated carbocycles. The van der Waals surface area contributed by atoms with Crippen molar-refractivity contribution in [2.24, 2.45) is 0 Å². The van der Waals surface area contributed by atoms with E-state index in [0.717, 1.165) is 48.4 Å². The van der Waals surface area contributed by atoms with Gasteiger partial charge in [0.25, 0.3) is 11.5 Å². The van der Waals surface area contributed by atoms with Crippen molar-refractivity contribution >= 4 is 23.2 Å². The summed E-state index contributed by atoms with van der Waals surface area (Å²) in [6.07, 6.45) is 2.13. The third kappa shape index (κ3) is 5.79. The number of aromatic nitrogens is 1. The summed E-state index contributed by atoms with van der Waals surface area (Å²) < 4.78 is 0. The molecule has 1 amide bonds. The van der Waals surface area contributed by atoms with Crippen LogP contribution in [0.25, 0.3) is 0 Å². The maximum atomic E-state index is 13.1. The number of halogens is 1. The molecular weight excluding hydrogens is 436 g/mol. The number of carbonyl (C=O) groups is 1. The van der Waals surface area contributed by atoms with Crippen LogP contribution in [0.5, 0.6) is 0 Å². The number of hydrogen-bond acceptors (Lipinski definition) is 4. The lowest BCUT2D eigenvalue weighted by molar-refractivity contribution is 0.0949. The molecule has 3 rings (SSSR count). The first-order valence-corrected chi connectivity index (χ1v) is 12.0. The van der Waals surface area contributed by atoms with Gasteiger partial charge in [-0.05, 0) is 83.7 Å². The molecule has 1 aliphatic rings. The van der Waals surface area contributed by atoms with E-state index in [4.69, 9.17) is 11.6 Å². The Morgan fingerprint density at radius 3 is 2.39 bits per heavy atom. The van der Waals surface area contributed by atoms with Gasteiger partial charge in [-0.2, -0.15) is 0 Å². The van der Waals surface area contributed by atoms with Crippen LogP contribution in [0.3, 0.4) is 0 Å². The number of likely N-dealkylation sites (tertiary alicyclic amines) is 1. The highest BCUT2D eigenvalue weighted by Crippen LogP contribution is 2.32. The number of benzene rings is 1. The van der Waals surface area contributed by atoms with Gasteiger partial charge in [-0.15, -0.1) is 0 Å². The van der Waals surface area contributed by atoms with Gasteiger partial charge in [-0.3, -0.25) is 14.5 Å². The lowest BCUT2D eigenvalue weighted by atomic mass is 9.96. The number of carbonyl (C=O) groups excluding carboxylic acids is 1. The molecule has 2 aromatic rings. The van der Waals surface area contributed by atoms with Crippen molar-refractivity contribution in [2.75, 3.05) is 25.0 Å². The number of rotatable bonds is 5. The van der Waals surface area contributed by atoms with Gasteiger partial charge in [0.05, 0.1) is 0 Å². The molecule has 6 nitrogen and oxygen atoms in total. The number of nitrogens with one attached hydrogen (secondary N) is 2. The zero-order chi connectivity index (χ0) is 24.5. The van der Waals surface area contributed by atoms with E-state index in [1.54, 1.807) is 6.07 Å². The fourth-order valence-electron chi connectivity index (χ4n) is 4.75. The molecule has 1 saturated heterocycles. The van der Waals surface area contributed by atoms with Crippen LogP contribution < -0.4 is 15.8 Å². The average molecular weight is 473 g/mol. The largest absolute Gasteiger partial charge is 0.371 e. The number of pyridine rings is 1. The van der Waals surface area contributed by atoms with Gasteiger partial charge in [0, 0.05) is 65.8 Å². The summed E-state index contributed by atoms with van der Waals surface area (Å²) in [5, 5.41) is 3.44. The number of anilines is 1. The van der Waals surface area contributed by atoms with E-state index < -0.39 is 0 Å². The SMILES string of the molecule is Cc1cc(C)c(CNC(=O)c2cc(Cl)cc(N(C)C3CCN(C(C)(C)C)CC3)c2C)c(=O)[nH]1. The molecule has 1 aromatic heterocycles. The Morgan fingerprint density at radius 2 is 1.82 bits per heavy atom. The second-order valence-electron chi connectivity index (χ2n) is 10.2. The number of piperidine rings is 1. The topological polar surface area (TPSA) is 68.4 Å². The number of aromatic amines is 1. The fourth-order valence-corrected chi connectivity index (χ4v) is 4.97. The first kappa shape index (κ1) is 25.3. The standard InChI is InChI=1S/C26H37ClN4O2/c1-16-12-17(2)29-25(33)22(16)15-28-24(32)21-13-19(27)14-23(18(21)3)30(7)20-8-10-31(11-9-20)26(4,5)6/h12-14,20H,8-11,15H2,1-7H3,(H,28,32)(H,29,33). The molecule has 0 atom stereocenters. The van der Waals surface area contributed by atoms with E-state index >= 15 is 0 Å². The Balaban J connectivity index is 1.77. The molecule has 2 N–H and O–H groups in total. The molecule has 2 heterocycles. The molecule has 1 aromatic carbocycles. The van der Waals surface area contributed by atoms with Crippen molar-refractivity contribution in [3.05, 3.63) is 61.5 Å². The molecule has 1 fully saturated rings. The third-order valence-corrected chi connectivity index (χ3v) is 7.07. The highest BCUT2D eigenvalue weighted by atomic mass is 35.5. The Labute approximate surface area is 202 Å². The highest BCUT2D eigenvalue weighted by Gasteiger charge is 2.29. The van der Waals surface area contributed by atoms with Crippen LogP contribution in [0.2, 0.25) is 5.02 Å². The molecule has 180 valence electrons. The van der Waals surface area contributed by atoms with Crippen LogP contribution in [0.1, 0.15) is 66.4 Å². The van der Waals surface area contributed by atoms with Gasteiger partial charge in [-0.1, -0.05) is 11.6 Å². The van der Waals surface area contributed by atoms with E-state index in [-0.39, 0.29) is 23.6 Å². The minimum atomic E-state index is -0.230. The summed E-state index contributed by atoms with van der Waals surface area (Å²) >= 11 is 6.45. The number of aryl methyl sites for hydroxylation is 2. The van der Waals surface area contributed by atoms with Gasteiger partial charge in [-0.25, -0.2) is 0 Å². The van der Waals surface area contributed by atoms with Crippen molar-refractivity contribution in [3.8, 4) is 0 Å². The Bertz CT molecular complexity index is 1080.